The summed E-state index contributed by atoms with van der Waals surface area (Å²) in [7, 11) is 1.34. The first-order chi connectivity index (χ1) is 11.9. The fourth-order valence-corrected chi connectivity index (χ4v) is 8.92. The molecule has 2 rings (SSSR count). The predicted molar refractivity (Wildman–Crippen MR) is 112 cm³/mol. The summed E-state index contributed by atoms with van der Waals surface area (Å²) in [6.45, 7) is 6.78. The van der Waals surface area contributed by atoms with Crippen molar-refractivity contribution in [3.63, 3.8) is 0 Å². The third-order valence-electron chi connectivity index (χ3n) is 3.10. The van der Waals surface area contributed by atoms with Gasteiger partial charge in [0.05, 0.1) is 0 Å². The Balaban J connectivity index is 2.02. The van der Waals surface area contributed by atoms with Crippen molar-refractivity contribution in [1.29, 1.82) is 0 Å². The van der Waals surface area contributed by atoms with E-state index in [0.717, 1.165) is 11.1 Å². The number of aliphatic hydroxyl groups excluding tert-OH is 2. The predicted octanol–water partition coefficient (Wildman–Crippen LogP) is 2.83. The van der Waals surface area contributed by atoms with Crippen LogP contribution in [0.25, 0.3) is 0 Å². The van der Waals surface area contributed by atoms with E-state index in [9.17, 15) is 19.8 Å². The van der Waals surface area contributed by atoms with Crippen LogP contribution >= 0.6 is 28.9 Å². The summed E-state index contributed by atoms with van der Waals surface area (Å²) in [5, 5.41) is 26.8. The first-order valence-electron chi connectivity index (χ1n) is 7.24. The van der Waals surface area contributed by atoms with Crippen LogP contribution in [-0.2, 0) is 9.59 Å². The van der Waals surface area contributed by atoms with Crippen molar-refractivity contribution in [2.24, 2.45) is 0 Å². The Hall–Kier alpha value is -1.51. The summed E-state index contributed by atoms with van der Waals surface area (Å²) in [5.41, 5.74) is 1.54. The Morgan fingerprint density at radius 2 is 1.32 bits per heavy atom. The summed E-state index contributed by atoms with van der Waals surface area (Å²) in [6.07, 6.45) is 6.58. The molecule has 4 nitrogen and oxygen atoms in total. The molecule has 0 fully saturated rings. The summed E-state index contributed by atoms with van der Waals surface area (Å²) < 4.78 is 0. The van der Waals surface area contributed by atoms with Gasteiger partial charge in [-0.1, -0.05) is 31.2 Å². The Morgan fingerprint density at radius 1 is 0.920 bits per heavy atom. The Bertz CT molecular complexity index is 731. The van der Waals surface area contributed by atoms with Crippen LogP contribution in [0, 0.1) is 0 Å². The lowest BCUT2D eigenvalue weighted by Gasteiger charge is -2.01. The van der Waals surface area contributed by atoms with E-state index in [2.05, 4.69) is 13.2 Å². The Kier molecular flexibility index (Phi) is 7.34. The van der Waals surface area contributed by atoms with E-state index >= 15 is 0 Å². The van der Waals surface area contributed by atoms with Gasteiger partial charge >= 0.3 is 0 Å². The van der Waals surface area contributed by atoms with Crippen LogP contribution in [0.5, 0.6) is 0 Å². The molecule has 0 spiro atoms. The van der Waals surface area contributed by atoms with Crippen LogP contribution in [-0.4, -0.2) is 44.7 Å². The number of hydrogen-bond donors (Lipinski definition) is 2. The number of carbonyl (C=O) groups excluding carboxylic acids is 2. The van der Waals surface area contributed by atoms with Crippen molar-refractivity contribution >= 4 is 51.2 Å². The highest BCUT2D eigenvalue weighted by molar-refractivity contribution is 9.17. The van der Waals surface area contributed by atoms with Crippen LogP contribution in [0.2, 0.25) is 0 Å². The van der Waals surface area contributed by atoms with Gasteiger partial charge < -0.3 is 10.2 Å². The molecule has 0 saturated heterocycles. The molecule has 2 aliphatic rings. The molecule has 25 heavy (non-hydrogen) atoms. The van der Waals surface area contributed by atoms with Crippen molar-refractivity contribution in [3.8, 4) is 0 Å². The maximum Gasteiger partial charge on any atom is 0.188 e. The second-order valence-corrected chi connectivity index (χ2v) is 11.4. The summed E-state index contributed by atoms with van der Waals surface area (Å²) in [4.78, 5) is 23.3. The molecule has 2 heterocycles. The van der Waals surface area contributed by atoms with Gasteiger partial charge in [-0.15, -0.1) is 13.2 Å². The van der Waals surface area contributed by atoms with Crippen molar-refractivity contribution < 1.29 is 19.8 Å². The van der Waals surface area contributed by atoms with E-state index in [1.165, 1.54) is 24.3 Å². The molecule has 2 aliphatic heterocycles. The minimum absolute atomic E-state index is 0.182. The molecule has 4 unspecified atom stereocenters. The minimum Gasteiger partial charge on any atom is -0.381 e. The average Bonchev–Trinajstić information content (AvgIpc) is 3.22. The molecule has 0 aromatic carbocycles. The van der Waals surface area contributed by atoms with Gasteiger partial charge in [0, 0.05) is 0 Å². The number of hydrogen-bond acceptors (Lipinski definition) is 5. The molecule has 0 radical (unpaired) electrons. The van der Waals surface area contributed by atoms with Gasteiger partial charge in [0.15, 0.2) is 11.6 Å². The minimum atomic E-state index is -1.17. The monoisotopic (exact) mass is 394 g/mol. The second-order valence-electron chi connectivity index (χ2n) is 5.02. The smallest absolute Gasteiger partial charge is 0.188 e. The molecule has 7 heteroatoms. The number of ketones is 2. The molecule has 0 aliphatic carbocycles. The molecular weight excluding hydrogens is 376 g/mol. The van der Waals surface area contributed by atoms with Gasteiger partial charge in [-0.2, -0.15) is 0 Å². The Morgan fingerprint density at radius 3 is 1.68 bits per heavy atom. The van der Waals surface area contributed by atoms with Gasteiger partial charge in [0.25, 0.3) is 0 Å². The lowest BCUT2D eigenvalue weighted by atomic mass is 10.1. The summed E-state index contributed by atoms with van der Waals surface area (Å²) >= 11 is 0. The normalized spacial score (nSPS) is 27.0. The van der Waals surface area contributed by atoms with Gasteiger partial charge in [0.1, 0.15) is 12.2 Å². The fraction of sp³-hybridized carbons (Fsp3) is 0.111. The van der Waals surface area contributed by atoms with Crippen LogP contribution in [0.3, 0.4) is 0 Å². The zero-order chi connectivity index (χ0) is 18.4. The molecule has 0 aromatic heterocycles. The van der Waals surface area contributed by atoms with E-state index < -0.39 is 12.2 Å². The largest absolute Gasteiger partial charge is 0.381 e. The van der Waals surface area contributed by atoms with E-state index in [1.54, 1.807) is 9.83 Å². The molecule has 0 aromatic rings. The summed E-state index contributed by atoms with van der Waals surface area (Å²) in [6, 6.07) is 0. The SMILES string of the molecule is C=CC(O)C(=O)C=C1C=CS(SS2=CC(=CC(=O)C(O)C=C)C=C2)=C1. The first kappa shape index (κ1) is 19.8. The van der Waals surface area contributed by atoms with Crippen molar-refractivity contribution in [1.82, 2.24) is 0 Å². The van der Waals surface area contributed by atoms with Gasteiger partial charge in [0.2, 0.25) is 0 Å². The average molecular weight is 395 g/mol. The number of allylic oxidation sites excluding steroid dienone is 4. The number of aliphatic hydroxyl groups is 2. The van der Waals surface area contributed by atoms with Crippen LogP contribution < -0.4 is 0 Å². The summed E-state index contributed by atoms with van der Waals surface area (Å²) in [5.74, 6) is -0.777. The lowest BCUT2D eigenvalue weighted by molar-refractivity contribution is -0.120. The molecule has 132 valence electrons. The maximum absolute atomic E-state index is 11.7. The highest BCUT2D eigenvalue weighted by Gasteiger charge is 2.13. The van der Waals surface area contributed by atoms with Crippen LogP contribution in [0.15, 0.2) is 71.6 Å². The topological polar surface area (TPSA) is 74.6 Å². The fourth-order valence-electron chi connectivity index (χ4n) is 1.79. The zero-order valence-electron chi connectivity index (χ0n) is 13.3. The molecule has 0 amide bonds. The van der Waals surface area contributed by atoms with E-state index in [-0.39, 0.29) is 30.6 Å². The first-order valence-corrected chi connectivity index (χ1v) is 11.8. The zero-order valence-corrected chi connectivity index (χ0v) is 15.7. The van der Waals surface area contributed by atoms with E-state index in [4.69, 9.17) is 0 Å². The molecule has 4 atom stereocenters. The van der Waals surface area contributed by atoms with E-state index in [1.807, 2.05) is 33.7 Å². The highest BCUT2D eigenvalue weighted by atomic mass is 33.5. The van der Waals surface area contributed by atoms with Crippen LogP contribution in [0.4, 0.5) is 0 Å². The lowest BCUT2D eigenvalue weighted by Crippen LogP contribution is -2.14. The van der Waals surface area contributed by atoms with E-state index in [0.29, 0.717) is 0 Å². The maximum atomic E-state index is 11.7. The highest BCUT2D eigenvalue weighted by Crippen LogP contribution is 2.51. The quantitative estimate of drug-likeness (QED) is 0.287. The number of carbonyl (C=O) groups is 2. The van der Waals surface area contributed by atoms with Crippen molar-refractivity contribution in [2.75, 3.05) is 0 Å². The second kappa shape index (κ2) is 9.26. The van der Waals surface area contributed by atoms with Gasteiger partial charge in [-0.25, -0.2) is 0 Å². The van der Waals surface area contributed by atoms with Crippen molar-refractivity contribution in [3.05, 3.63) is 71.6 Å². The van der Waals surface area contributed by atoms with Crippen LogP contribution in [0.1, 0.15) is 0 Å². The van der Waals surface area contributed by atoms with Gasteiger partial charge in [-0.3, -0.25) is 9.59 Å². The molecule has 0 saturated carbocycles. The third-order valence-corrected chi connectivity index (χ3v) is 10.2. The standard InChI is InChI=1S/C18H18O4S3/c1-3-15(19)17(21)9-13-5-7-24(11-13)23-25-8-6-14(12-25)10-18(22)16(20)4-2/h3-12,15-16,19-20H,1-2H2. The molecular formula is C18H18O4S3. The van der Waals surface area contributed by atoms with Gasteiger partial charge in [-0.05, 0) is 66.8 Å². The van der Waals surface area contributed by atoms with Crippen molar-refractivity contribution in [2.45, 2.75) is 12.2 Å². The molecule has 0 bridgehead atoms. The Labute approximate surface area is 154 Å². The number of rotatable bonds is 8. The molecule has 2 N–H and O–H groups in total. The third kappa shape index (κ3) is 5.76.